The van der Waals surface area contributed by atoms with E-state index in [1.165, 1.54) is 11.3 Å². The van der Waals surface area contributed by atoms with E-state index >= 15 is 0 Å². The normalized spacial score (nSPS) is 12.7. The van der Waals surface area contributed by atoms with Gasteiger partial charge in [-0.3, -0.25) is 9.59 Å². The summed E-state index contributed by atoms with van der Waals surface area (Å²) in [4.78, 5) is 26.8. The number of hydrogen-bond donors (Lipinski definition) is 2. The maximum Gasteiger partial charge on any atom is 0.262 e. The number of fused-ring (bicyclic) bond motifs is 1. The molecule has 0 radical (unpaired) electrons. The highest BCUT2D eigenvalue weighted by Crippen LogP contribution is 2.38. The van der Waals surface area contributed by atoms with E-state index in [-0.39, 0.29) is 18.4 Å². The minimum Gasteiger partial charge on any atom is -0.493 e. The molecule has 2 amide bonds. The van der Waals surface area contributed by atoms with Crippen molar-refractivity contribution >= 4 is 28.2 Å². The van der Waals surface area contributed by atoms with Crippen LogP contribution in [-0.4, -0.2) is 25.5 Å². The fourth-order valence-corrected chi connectivity index (χ4v) is 4.91. The molecule has 0 atom stereocenters. The number of nitrogens with one attached hydrogen (secondary N) is 2. The van der Waals surface area contributed by atoms with Gasteiger partial charge in [-0.15, -0.1) is 11.3 Å². The summed E-state index contributed by atoms with van der Waals surface area (Å²) in [5.74, 6) is 1.18. The number of para-hydroxylation sites is 2. The molecule has 7 nitrogen and oxygen atoms in total. The molecule has 4 rings (SSSR count). The van der Waals surface area contributed by atoms with Crippen LogP contribution in [0.5, 0.6) is 11.5 Å². The van der Waals surface area contributed by atoms with Gasteiger partial charge in [0.25, 0.3) is 11.8 Å². The van der Waals surface area contributed by atoms with Gasteiger partial charge >= 0.3 is 0 Å². The Hall–Kier alpha value is -3.26. The molecular weight excluding hydrogens is 416 g/mol. The van der Waals surface area contributed by atoms with Gasteiger partial charge in [-0.05, 0) is 55.5 Å². The Balaban J connectivity index is 1.47. The summed E-state index contributed by atoms with van der Waals surface area (Å²) in [6.45, 7) is 0.108. The van der Waals surface area contributed by atoms with Crippen LogP contribution in [0.3, 0.4) is 0 Å². The van der Waals surface area contributed by atoms with Crippen molar-refractivity contribution in [3.8, 4) is 11.5 Å². The molecule has 162 valence electrons. The highest BCUT2D eigenvalue weighted by Gasteiger charge is 2.26. The first-order chi connectivity index (χ1) is 15.2. The molecule has 1 aromatic carbocycles. The first-order valence-corrected chi connectivity index (χ1v) is 11.0. The Kier molecular flexibility index (Phi) is 6.57. The lowest BCUT2D eigenvalue weighted by atomic mass is 9.95. The van der Waals surface area contributed by atoms with Crippen LogP contribution < -0.4 is 20.1 Å². The van der Waals surface area contributed by atoms with Gasteiger partial charge in [-0.1, -0.05) is 12.1 Å². The number of carbonyl (C=O) groups excluding carboxylic acids is 2. The SMILES string of the molecule is COc1ccccc1OCC(=O)Nc1sc2c(c1C(=O)NCc1ccco1)CCCC2. The number of benzene rings is 1. The summed E-state index contributed by atoms with van der Waals surface area (Å²) >= 11 is 1.47. The fourth-order valence-electron chi connectivity index (χ4n) is 3.61. The molecule has 31 heavy (non-hydrogen) atoms. The topological polar surface area (TPSA) is 89.8 Å². The molecule has 0 saturated carbocycles. The van der Waals surface area contributed by atoms with Crippen molar-refractivity contribution < 1.29 is 23.5 Å². The number of hydrogen-bond acceptors (Lipinski definition) is 6. The molecule has 2 heterocycles. The molecule has 0 spiro atoms. The van der Waals surface area contributed by atoms with Crippen LogP contribution >= 0.6 is 11.3 Å². The first kappa shape index (κ1) is 21.0. The van der Waals surface area contributed by atoms with Gasteiger partial charge in [0.05, 0.1) is 25.5 Å². The minimum atomic E-state index is -0.329. The van der Waals surface area contributed by atoms with Crippen LogP contribution in [0.2, 0.25) is 0 Å². The van der Waals surface area contributed by atoms with E-state index < -0.39 is 0 Å². The first-order valence-electron chi connectivity index (χ1n) is 10.2. The molecule has 0 unspecified atom stereocenters. The Morgan fingerprint density at radius 3 is 2.68 bits per heavy atom. The second kappa shape index (κ2) is 9.70. The Morgan fingerprint density at radius 2 is 1.90 bits per heavy atom. The molecule has 0 saturated heterocycles. The number of furan rings is 1. The number of methoxy groups -OCH3 is 1. The number of aryl methyl sites for hydroxylation is 1. The lowest BCUT2D eigenvalue weighted by molar-refractivity contribution is -0.118. The lowest BCUT2D eigenvalue weighted by Gasteiger charge is -2.13. The third-order valence-corrected chi connectivity index (χ3v) is 6.29. The Labute approximate surface area is 184 Å². The third kappa shape index (κ3) is 4.91. The largest absolute Gasteiger partial charge is 0.493 e. The van der Waals surface area contributed by atoms with E-state index in [0.717, 1.165) is 36.1 Å². The Morgan fingerprint density at radius 1 is 1.10 bits per heavy atom. The monoisotopic (exact) mass is 440 g/mol. The highest BCUT2D eigenvalue weighted by atomic mass is 32.1. The molecule has 1 aliphatic rings. The average molecular weight is 441 g/mol. The zero-order valence-corrected chi connectivity index (χ0v) is 18.1. The smallest absolute Gasteiger partial charge is 0.262 e. The van der Waals surface area contributed by atoms with Crippen molar-refractivity contribution in [1.82, 2.24) is 5.32 Å². The summed E-state index contributed by atoms with van der Waals surface area (Å²) in [7, 11) is 1.55. The van der Waals surface area contributed by atoms with Crippen LogP contribution in [0.1, 0.15) is 39.4 Å². The zero-order valence-electron chi connectivity index (χ0n) is 17.2. The Bertz CT molecular complexity index is 1060. The number of rotatable bonds is 8. The molecule has 1 aliphatic carbocycles. The van der Waals surface area contributed by atoms with Crippen molar-refractivity contribution in [3.05, 3.63) is 64.4 Å². The van der Waals surface area contributed by atoms with Gasteiger partial charge in [-0.25, -0.2) is 0 Å². The number of ether oxygens (including phenoxy) is 2. The molecule has 0 aliphatic heterocycles. The molecule has 3 aromatic rings. The maximum absolute atomic E-state index is 13.0. The van der Waals surface area contributed by atoms with Crippen molar-refractivity contribution in [1.29, 1.82) is 0 Å². The van der Waals surface area contributed by atoms with Crippen LogP contribution in [-0.2, 0) is 24.2 Å². The highest BCUT2D eigenvalue weighted by molar-refractivity contribution is 7.17. The standard InChI is InChI=1S/C23H24N2O5S/c1-28-17-9-3-4-10-18(17)30-14-20(26)25-23-21(16-8-2-5-11-19(16)31-23)22(27)24-13-15-7-6-12-29-15/h3-4,6-7,9-10,12H,2,5,8,11,13-14H2,1H3,(H,24,27)(H,25,26). The summed E-state index contributed by atoms with van der Waals surface area (Å²) in [6.07, 6.45) is 5.45. The average Bonchev–Trinajstić information content (AvgIpc) is 3.43. The molecule has 0 bridgehead atoms. The van der Waals surface area contributed by atoms with Crippen LogP contribution in [0, 0.1) is 0 Å². The number of anilines is 1. The van der Waals surface area contributed by atoms with E-state index in [1.807, 2.05) is 12.1 Å². The molecule has 2 N–H and O–H groups in total. The summed E-state index contributed by atoms with van der Waals surface area (Å²) in [6, 6.07) is 10.7. The number of thiophene rings is 1. The van der Waals surface area contributed by atoms with Crippen molar-refractivity contribution in [3.63, 3.8) is 0 Å². The maximum atomic E-state index is 13.0. The van der Waals surface area contributed by atoms with Crippen molar-refractivity contribution in [2.24, 2.45) is 0 Å². The molecular formula is C23H24N2O5S. The van der Waals surface area contributed by atoms with Crippen LogP contribution in [0.25, 0.3) is 0 Å². The van der Waals surface area contributed by atoms with Crippen LogP contribution in [0.15, 0.2) is 47.1 Å². The number of carbonyl (C=O) groups is 2. The molecule has 8 heteroatoms. The fraction of sp³-hybridized carbons (Fsp3) is 0.304. The van der Waals surface area contributed by atoms with E-state index in [9.17, 15) is 9.59 Å². The van der Waals surface area contributed by atoms with Gasteiger partial charge < -0.3 is 24.5 Å². The van der Waals surface area contributed by atoms with E-state index in [1.54, 1.807) is 37.6 Å². The van der Waals surface area contributed by atoms with Gasteiger partial charge in [0, 0.05) is 4.88 Å². The zero-order chi connectivity index (χ0) is 21.6. The second-order valence-corrected chi connectivity index (χ2v) is 8.27. The third-order valence-electron chi connectivity index (χ3n) is 5.08. The van der Waals surface area contributed by atoms with E-state index in [0.29, 0.717) is 34.4 Å². The lowest BCUT2D eigenvalue weighted by Crippen LogP contribution is -2.26. The quantitative estimate of drug-likeness (QED) is 0.549. The van der Waals surface area contributed by atoms with Gasteiger partial charge in [0.1, 0.15) is 10.8 Å². The summed E-state index contributed by atoms with van der Waals surface area (Å²) in [5, 5.41) is 6.35. The minimum absolute atomic E-state index is 0.184. The predicted octanol–water partition coefficient (Wildman–Crippen LogP) is 4.18. The van der Waals surface area contributed by atoms with Gasteiger partial charge in [0.15, 0.2) is 18.1 Å². The predicted molar refractivity (Wildman–Crippen MR) is 118 cm³/mol. The molecule has 0 fully saturated rings. The van der Waals surface area contributed by atoms with Gasteiger partial charge in [-0.2, -0.15) is 0 Å². The second-order valence-electron chi connectivity index (χ2n) is 7.16. The van der Waals surface area contributed by atoms with Crippen molar-refractivity contribution in [2.75, 3.05) is 19.0 Å². The summed E-state index contributed by atoms with van der Waals surface area (Å²) in [5.41, 5.74) is 1.59. The van der Waals surface area contributed by atoms with Crippen molar-refractivity contribution in [2.45, 2.75) is 32.2 Å². The number of amides is 2. The van der Waals surface area contributed by atoms with E-state index in [2.05, 4.69) is 10.6 Å². The summed E-state index contributed by atoms with van der Waals surface area (Å²) < 4.78 is 16.2. The van der Waals surface area contributed by atoms with Crippen LogP contribution in [0.4, 0.5) is 5.00 Å². The van der Waals surface area contributed by atoms with Gasteiger partial charge in [0.2, 0.25) is 0 Å². The van der Waals surface area contributed by atoms with E-state index in [4.69, 9.17) is 13.9 Å². The molecule has 2 aromatic heterocycles.